The number of benzene rings is 2. The molecule has 3 aromatic heterocycles. The number of anilines is 2. The minimum absolute atomic E-state index is 0.0753. The summed E-state index contributed by atoms with van der Waals surface area (Å²) < 4.78 is 25.9. The van der Waals surface area contributed by atoms with Crippen molar-refractivity contribution in [1.82, 2.24) is 29.9 Å². The van der Waals surface area contributed by atoms with Crippen molar-refractivity contribution in [2.45, 2.75) is 17.7 Å². The van der Waals surface area contributed by atoms with Gasteiger partial charge in [-0.15, -0.1) is 11.8 Å². The number of nitrogens with two attached hydrogens (primary N) is 4. The van der Waals surface area contributed by atoms with Crippen LogP contribution >= 0.6 is 11.8 Å². The molecular formula is C26H24F2N12S. The number of nitrogens with zero attached hydrogens (tertiary/aromatic N) is 7. The maximum Gasteiger partial charge on any atom is 0.223 e. The van der Waals surface area contributed by atoms with Crippen molar-refractivity contribution in [3.63, 3.8) is 0 Å². The summed E-state index contributed by atoms with van der Waals surface area (Å²) in [5, 5.41) is 3.44. The van der Waals surface area contributed by atoms with Crippen molar-refractivity contribution in [3.8, 4) is 22.5 Å². The van der Waals surface area contributed by atoms with Crippen molar-refractivity contribution >= 4 is 40.7 Å². The molecule has 1 aliphatic rings. The van der Waals surface area contributed by atoms with Crippen molar-refractivity contribution in [1.29, 1.82) is 0 Å². The molecule has 208 valence electrons. The van der Waals surface area contributed by atoms with E-state index in [4.69, 9.17) is 22.9 Å². The standard InChI is InChI=1S/C14H12FN5S.C12H12FN7/c1-2-21-13-11-12(19-14(16)20-13)17-7-10(18-11)8-3-5-9(15)6-4-8;13-7-3-1-6(2-4-7)8-5-17-10-9(18-8)12(15,16)20-11(14)19-10/h3-7H,2H2,1H3,(H2,16,17,19,20);1-5H,15-16H2,(H3,14,17,19,20). The zero-order chi connectivity index (χ0) is 29.1. The first-order valence-electron chi connectivity index (χ1n) is 12.2. The zero-order valence-corrected chi connectivity index (χ0v) is 22.4. The highest BCUT2D eigenvalue weighted by Gasteiger charge is 2.32. The van der Waals surface area contributed by atoms with Crippen LogP contribution in [0.4, 0.5) is 20.5 Å². The summed E-state index contributed by atoms with van der Waals surface area (Å²) in [7, 11) is 0. The van der Waals surface area contributed by atoms with E-state index < -0.39 is 5.79 Å². The molecule has 0 spiro atoms. The van der Waals surface area contributed by atoms with Crippen molar-refractivity contribution in [2.24, 2.45) is 22.2 Å². The third-order valence-electron chi connectivity index (χ3n) is 5.66. The molecule has 5 aromatic rings. The molecular weight excluding hydrogens is 550 g/mol. The number of guanidine groups is 1. The largest absolute Gasteiger partial charge is 0.370 e. The van der Waals surface area contributed by atoms with Crippen LogP contribution in [0.3, 0.4) is 0 Å². The quantitative estimate of drug-likeness (QED) is 0.119. The average Bonchev–Trinajstić information content (AvgIpc) is 2.94. The van der Waals surface area contributed by atoms with E-state index in [9.17, 15) is 8.78 Å². The molecule has 0 atom stereocenters. The number of fused-ring (bicyclic) bond motifs is 2. The third-order valence-corrected chi connectivity index (χ3v) is 6.50. The molecule has 0 fully saturated rings. The maximum absolute atomic E-state index is 13.0. The van der Waals surface area contributed by atoms with Gasteiger partial charge in [0.05, 0.1) is 23.8 Å². The molecule has 0 saturated carbocycles. The van der Waals surface area contributed by atoms with Crippen LogP contribution in [0.1, 0.15) is 12.6 Å². The topological polar surface area (TPSA) is 206 Å². The minimum Gasteiger partial charge on any atom is -0.370 e. The van der Waals surface area contributed by atoms with Gasteiger partial charge < -0.3 is 16.8 Å². The first kappa shape index (κ1) is 27.7. The van der Waals surface area contributed by atoms with E-state index in [2.05, 4.69) is 40.2 Å². The van der Waals surface area contributed by atoms with Crippen molar-refractivity contribution in [2.75, 3.05) is 16.8 Å². The highest BCUT2D eigenvalue weighted by Crippen LogP contribution is 2.28. The monoisotopic (exact) mass is 574 g/mol. The summed E-state index contributed by atoms with van der Waals surface area (Å²) in [5.41, 5.74) is 26.9. The molecule has 41 heavy (non-hydrogen) atoms. The fraction of sp³-hybridized carbons (Fsp3) is 0.115. The molecule has 0 unspecified atom stereocenters. The third kappa shape index (κ3) is 6.16. The van der Waals surface area contributed by atoms with Gasteiger partial charge in [0.1, 0.15) is 27.9 Å². The predicted molar refractivity (Wildman–Crippen MR) is 154 cm³/mol. The van der Waals surface area contributed by atoms with Crippen LogP contribution in [0.2, 0.25) is 0 Å². The van der Waals surface area contributed by atoms with Crippen LogP contribution in [0.15, 0.2) is 70.9 Å². The predicted octanol–water partition coefficient (Wildman–Crippen LogP) is 2.97. The Morgan fingerprint density at radius 1 is 0.805 bits per heavy atom. The number of hydrogen-bond donors (Lipinski definition) is 5. The molecule has 0 amide bonds. The van der Waals surface area contributed by atoms with Gasteiger partial charge in [0, 0.05) is 11.1 Å². The Kier molecular flexibility index (Phi) is 7.65. The van der Waals surface area contributed by atoms with Crippen LogP contribution in [0, 0.1) is 11.6 Å². The number of halogens is 2. The summed E-state index contributed by atoms with van der Waals surface area (Å²) in [6.07, 6.45) is 3.12. The number of aromatic nitrogens is 6. The normalized spacial score (nSPS) is 13.4. The van der Waals surface area contributed by atoms with E-state index in [1.807, 2.05) is 6.92 Å². The van der Waals surface area contributed by atoms with Gasteiger partial charge in [-0.05, 0) is 54.3 Å². The SMILES string of the molecule is CCSc1nc(N)nc2ncc(-c3ccc(F)cc3)nc12.NC1=NC(N)(N)c2nc(-c3ccc(F)cc3)cnc2N1. The lowest BCUT2D eigenvalue weighted by atomic mass is 10.1. The van der Waals surface area contributed by atoms with Gasteiger partial charge in [0.15, 0.2) is 17.4 Å². The Bertz CT molecular complexity index is 1750. The lowest BCUT2D eigenvalue weighted by molar-refractivity contribution is 0.471. The Hall–Kier alpha value is -4.86. The van der Waals surface area contributed by atoms with Gasteiger partial charge in [-0.1, -0.05) is 6.92 Å². The molecule has 6 rings (SSSR count). The van der Waals surface area contributed by atoms with Gasteiger partial charge in [0.25, 0.3) is 0 Å². The second kappa shape index (κ2) is 11.3. The molecule has 2 aromatic carbocycles. The van der Waals surface area contributed by atoms with Crippen LogP contribution < -0.4 is 28.3 Å². The molecule has 12 nitrogen and oxygen atoms in total. The minimum atomic E-state index is -1.55. The van der Waals surface area contributed by atoms with E-state index >= 15 is 0 Å². The molecule has 1 aliphatic heterocycles. The lowest BCUT2D eigenvalue weighted by Gasteiger charge is -2.26. The highest BCUT2D eigenvalue weighted by molar-refractivity contribution is 7.99. The summed E-state index contributed by atoms with van der Waals surface area (Å²) >= 11 is 1.53. The van der Waals surface area contributed by atoms with Gasteiger partial charge in [-0.2, -0.15) is 4.98 Å². The number of thioether (sulfide) groups is 1. The Labute approximate surface area is 236 Å². The number of rotatable bonds is 4. The molecule has 0 radical (unpaired) electrons. The van der Waals surface area contributed by atoms with E-state index in [-0.39, 0.29) is 29.2 Å². The Balaban J connectivity index is 0.000000165. The van der Waals surface area contributed by atoms with Crippen LogP contribution in [-0.2, 0) is 5.79 Å². The van der Waals surface area contributed by atoms with Gasteiger partial charge in [-0.25, -0.2) is 38.7 Å². The number of aliphatic imine (C=N–C) groups is 1. The molecule has 15 heteroatoms. The number of hydrogen-bond acceptors (Lipinski definition) is 13. The maximum atomic E-state index is 13.0. The van der Waals surface area contributed by atoms with E-state index in [0.717, 1.165) is 11.3 Å². The second-order valence-electron chi connectivity index (χ2n) is 8.66. The van der Waals surface area contributed by atoms with E-state index in [0.29, 0.717) is 39.0 Å². The number of nitrogens with one attached hydrogen (secondary N) is 1. The van der Waals surface area contributed by atoms with Gasteiger partial charge in [0.2, 0.25) is 11.7 Å². The van der Waals surface area contributed by atoms with E-state index in [1.54, 1.807) is 30.5 Å². The summed E-state index contributed by atoms with van der Waals surface area (Å²) in [6.45, 7) is 2.02. The van der Waals surface area contributed by atoms with Crippen LogP contribution in [0.5, 0.6) is 0 Å². The second-order valence-corrected chi connectivity index (χ2v) is 9.91. The molecule has 0 aliphatic carbocycles. The fourth-order valence-electron chi connectivity index (χ4n) is 3.82. The highest BCUT2D eigenvalue weighted by atomic mass is 32.2. The molecule has 9 N–H and O–H groups in total. The van der Waals surface area contributed by atoms with Gasteiger partial charge >= 0.3 is 0 Å². The summed E-state index contributed by atoms with van der Waals surface area (Å²) in [5.74, 6) is -0.708. The lowest BCUT2D eigenvalue weighted by Crippen LogP contribution is -2.51. The Morgan fingerprint density at radius 3 is 2.00 bits per heavy atom. The molecule has 0 saturated heterocycles. The summed E-state index contributed by atoms with van der Waals surface area (Å²) in [4.78, 5) is 29.5. The fourth-order valence-corrected chi connectivity index (χ4v) is 4.52. The molecule has 0 bridgehead atoms. The smallest absolute Gasteiger partial charge is 0.223 e. The van der Waals surface area contributed by atoms with Crippen molar-refractivity contribution < 1.29 is 8.78 Å². The Morgan fingerprint density at radius 2 is 1.39 bits per heavy atom. The zero-order valence-electron chi connectivity index (χ0n) is 21.6. The van der Waals surface area contributed by atoms with Crippen molar-refractivity contribution in [3.05, 3.63) is 78.3 Å². The van der Waals surface area contributed by atoms with Gasteiger partial charge in [-0.3, -0.25) is 11.5 Å². The first-order chi connectivity index (χ1) is 19.6. The number of nitrogen functional groups attached to an aromatic ring is 1. The van der Waals surface area contributed by atoms with Crippen LogP contribution in [-0.4, -0.2) is 41.6 Å². The van der Waals surface area contributed by atoms with Crippen LogP contribution in [0.25, 0.3) is 33.7 Å². The summed E-state index contributed by atoms with van der Waals surface area (Å²) in [6, 6.07) is 12.0. The van der Waals surface area contributed by atoms with E-state index in [1.165, 1.54) is 42.2 Å². The molecule has 4 heterocycles. The average molecular weight is 575 g/mol. The first-order valence-corrected chi connectivity index (χ1v) is 13.1.